The molecule has 2 aliphatic heterocycles. The lowest BCUT2D eigenvalue weighted by Gasteiger charge is -2.48. The molecule has 0 bridgehead atoms. The van der Waals surface area contributed by atoms with E-state index in [1.165, 1.54) is 17.0 Å². The third-order valence-corrected chi connectivity index (χ3v) is 9.03. The van der Waals surface area contributed by atoms with Gasteiger partial charge in [-0.15, -0.1) is 0 Å². The summed E-state index contributed by atoms with van der Waals surface area (Å²) in [6.45, 7) is 9.19. The molecule has 0 N–H and O–H groups in total. The molecule has 0 aliphatic carbocycles. The lowest BCUT2D eigenvalue weighted by Crippen LogP contribution is -2.56. The average Bonchev–Trinajstić information content (AvgIpc) is 3.45. The molecule has 0 unspecified atom stereocenters. The van der Waals surface area contributed by atoms with Crippen LogP contribution >= 0.6 is 0 Å². The van der Waals surface area contributed by atoms with Gasteiger partial charge in [-0.25, -0.2) is 17.1 Å². The van der Waals surface area contributed by atoms with E-state index in [0.29, 0.717) is 24.5 Å². The third kappa shape index (κ3) is 4.49. The van der Waals surface area contributed by atoms with Gasteiger partial charge >= 0.3 is 0 Å². The number of sulfonamides is 1. The minimum atomic E-state index is -3.14. The molecule has 9 nitrogen and oxygen atoms in total. The molecule has 5 rings (SSSR count). The molecule has 2 saturated heterocycles. The standard InChI is InChI=1S/C24H33FN6O3S/c1-16(2)20-18-6-5-7-19(25)21(18)31(27-20)23-26-22(34-28-23)17-8-12-29(13-9-17)24(3)10-14-30(15-11-24)35(4,32)33/h5-7,16-17H,8-15H2,1-4H3. The molecule has 0 atom stereocenters. The maximum absolute atomic E-state index is 14.7. The summed E-state index contributed by atoms with van der Waals surface area (Å²) >= 11 is 0. The Kier molecular flexibility index (Phi) is 6.21. The Labute approximate surface area is 205 Å². The topological polar surface area (TPSA) is 97.4 Å². The van der Waals surface area contributed by atoms with Gasteiger partial charge < -0.3 is 4.52 Å². The van der Waals surface area contributed by atoms with Crippen molar-refractivity contribution in [1.29, 1.82) is 0 Å². The van der Waals surface area contributed by atoms with E-state index < -0.39 is 10.0 Å². The summed E-state index contributed by atoms with van der Waals surface area (Å²) in [6, 6.07) is 4.98. The van der Waals surface area contributed by atoms with Gasteiger partial charge in [-0.2, -0.15) is 14.8 Å². The van der Waals surface area contributed by atoms with Crippen LogP contribution in [-0.2, 0) is 10.0 Å². The average molecular weight is 505 g/mol. The first-order valence-electron chi connectivity index (χ1n) is 12.3. The van der Waals surface area contributed by atoms with Gasteiger partial charge in [0.1, 0.15) is 11.3 Å². The number of fused-ring (bicyclic) bond motifs is 1. The van der Waals surface area contributed by atoms with E-state index in [4.69, 9.17) is 4.52 Å². The second-order valence-corrected chi connectivity index (χ2v) is 12.4. The van der Waals surface area contributed by atoms with E-state index in [1.807, 2.05) is 19.9 Å². The van der Waals surface area contributed by atoms with Crippen LogP contribution in [0.15, 0.2) is 22.7 Å². The molecule has 2 aliphatic rings. The van der Waals surface area contributed by atoms with Crippen molar-refractivity contribution in [2.24, 2.45) is 0 Å². The first-order chi connectivity index (χ1) is 16.6. The SMILES string of the molecule is CC(C)c1nn(-c2noc(C3CCN(C4(C)CCN(S(C)(=O)=O)CC4)CC3)n2)c2c(F)cccc12. The monoisotopic (exact) mass is 504 g/mol. The molecule has 0 radical (unpaired) electrons. The number of nitrogens with zero attached hydrogens (tertiary/aromatic N) is 6. The Hall–Kier alpha value is -2.37. The first-order valence-corrected chi connectivity index (χ1v) is 14.1. The number of piperidine rings is 2. The van der Waals surface area contributed by atoms with Crippen LogP contribution in [0.2, 0.25) is 0 Å². The number of likely N-dealkylation sites (tertiary alicyclic amines) is 1. The van der Waals surface area contributed by atoms with Crippen molar-refractivity contribution in [2.45, 2.75) is 63.8 Å². The van der Waals surface area contributed by atoms with E-state index >= 15 is 0 Å². The number of rotatable bonds is 5. The maximum Gasteiger partial charge on any atom is 0.291 e. The summed E-state index contributed by atoms with van der Waals surface area (Å²) in [7, 11) is -3.14. The van der Waals surface area contributed by atoms with E-state index in [0.717, 1.165) is 49.9 Å². The van der Waals surface area contributed by atoms with Crippen molar-refractivity contribution in [3.63, 3.8) is 0 Å². The summed E-state index contributed by atoms with van der Waals surface area (Å²) in [5.74, 6) is 0.703. The third-order valence-electron chi connectivity index (χ3n) is 7.73. The van der Waals surface area contributed by atoms with Crippen molar-refractivity contribution in [3.05, 3.63) is 35.6 Å². The zero-order valence-corrected chi connectivity index (χ0v) is 21.6. The van der Waals surface area contributed by atoms with Crippen molar-refractivity contribution in [2.75, 3.05) is 32.4 Å². The number of hydrogen-bond acceptors (Lipinski definition) is 7. The smallest absolute Gasteiger partial charge is 0.291 e. The maximum atomic E-state index is 14.7. The highest BCUT2D eigenvalue weighted by atomic mass is 32.2. The van der Waals surface area contributed by atoms with Crippen molar-refractivity contribution >= 4 is 20.9 Å². The van der Waals surface area contributed by atoms with Crippen LogP contribution < -0.4 is 0 Å². The molecule has 0 saturated carbocycles. The number of halogens is 1. The van der Waals surface area contributed by atoms with Gasteiger partial charge in [0.15, 0.2) is 0 Å². The van der Waals surface area contributed by atoms with E-state index in [9.17, 15) is 12.8 Å². The molecule has 35 heavy (non-hydrogen) atoms. The van der Waals surface area contributed by atoms with Crippen LogP contribution in [0.1, 0.15) is 69.9 Å². The highest BCUT2D eigenvalue weighted by Crippen LogP contribution is 2.36. The van der Waals surface area contributed by atoms with Crippen LogP contribution in [-0.4, -0.2) is 75.5 Å². The van der Waals surface area contributed by atoms with Gasteiger partial charge in [0, 0.05) is 29.9 Å². The second-order valence-electron chi connectivity index (χ2n) is 10.4. The van der Waals surface area contributed by atoms with Gasteiger partial charge in [-0.3, -0.25) is 4.90 Å². The quantitative estimate of drug-likeness (QED) is 0.523. The molecular weight excluding hydrogens is 471 g/mol. The van der Waals surface area contributed by atoms with E-state index in [-0.39, 0.29) is 29.1 Å². The largest absolute Gasteiger partial charge is 0.337 e. The predicted octanol–water partition coefficient (Wildman–Crippen LogP) is 3.66. The van der Waals surface area contributed by atoms with Crippen LogP contribution in [0.5, 0.6) is 0 Å². The molecule has 2 aromatic heterocycles. The normalized spacial score (nSPS) is 20.7. The highest BCUT2D eigenvalue weighted by Gasteiger charge is 2.40. The van der Waals surface area contributed by atoms with Gasteiger partial charge in [-0.1, -0.05) is 26.0 Å². The molecule has 0 spiro atoms. The summed E-state index contributed by atoms with van der Waals surface area (Å²) in [5.41, 5.74) is 1.16. The van der Waals surface area contributed by atoms with Crippen molar-refractivity contribution < 1.29 is 17.3 Å². The van der Waals surface area contributed by atoms with Gasteiger partial charge in [0.05, 0.1) is 11.9 Å². The predicted molar refractivity (Wildman–Crippen MR) is 131 cm³/mol. The van der Waals surface area contributed by atoms with E-state index in [2.05, 4.69) is 27.1 Å². The minimum Gasteiger partial charge on any atom is -0.337 e. The van der Waals surface area contributed by atoms with E-state index in [1.54, 1.807) is 10.4 Å². The Morgan fingerprint density at radius 3 is 2.46 bits per heavy atom. The summed E-state index contributed by atoms with van der Waals surface area (Å²) in [4.78, 5) is 7.10. The Bertz CT molecular complexity index is 1320. The molecule has 2 fully saturated rings. The highest BCUT2D eigenvalue weighted by molar-refractivity contribution is 7.88. The molecule has 0 amide bonds. The zero-order chi connectivity index (χ0) is 25.0. The first kappa shape index (κ1) is 24.3. The van der Waals surface area contributed by atoms with Crippen LogP contribution in [0.3, 0.4) is 0 Å². The Morgan fingerprint density at radius 1 is 1.14 bits per heavy atom. The van der Waals surface area contributed by atoms with Crippen molar-refractivity contribution in [3.8, 4) is 5.95 Å². The van der Waals surface area contributed by atoms with Gasteiger partial charge in [-0.05, 0) is 62.8 Å². The fraction of sp³-hybridized carbons (Fsp3) is 0.625. The molecule has 4 heterocycles. The number of para-hydroxylation sites is 1. The van der Waals surface area contributed by atoms with Crippen LogP contribution in [0, 0.1) is 5.82 Å². The number of benzene rings is 1. The summed E-state index contributed by atoms with van der Waals surface area (Å²) in [6.07, 6.45) is 4.68. The Balaban J connectivity index is 1.30. The van der Waals surface area contributed by atoms with Gasteiger partial charge in [0.25, 0.3) is 5.95 Å². The molecule has 3 aromatic rings. The zero-order valence-electron chi connectivity index (χ0n) is 20.7. The summed E-state index contributed by atoms with van der Waals surface area (Å²) in [5, 5.41) is 9.53. The van der Waals surface area contributed by atoms with Gasteiger partial charge in [0.2, 0.25) is 15.9 Å². The molecular formula is C24H33FN6O3S. The summed E-state index contributed by atoms with van der Waals surface area (Å²) < 4.78 is 47.1. The van der Waals surface area contributed by atoms with Crippen LogP contribution in [0.4, 0.5) is 4.39 Å². The fourth-order valence-electron chi connectivity index (χ4n) is 5.48. The molecule has 190 valence electrons. The second kappa shape index (κ2) is 8.94. The van der Waals surface area contributed by atoms with Crippen LogP contribution in [0.25, 0.3) is 16.9 Å². The fourth-order valence-corrected chi connectivity index (χ4v) is 6.33. The Morgan fingerprint density at radius 2 is 1.83 bits per heavy atom. The number of hydrogen-bond donors (Lipinski definition) is 0. The lowest BCUT2D eigenvalue weighted by atomic mass is 9.85. The molecule has 1 aromatic carbocycles. The number of aromatic nitrogens is 4. The lowest BCUT2D eigenvalue weighted by molar-refractivity contribution is 0.0316. The molecule has 11 heteroatoms. The minimum absolute atomic E-state index is 0.00902. The van der Waals surface area contributed by atoms with Crippen molar-refractivity contribution in [1.82, 2.24) is 29.1 Å².